The summed E-state index contributed by atoms with van der Waals surface area (Å²) in [6, 6.07) is 14.9. The number of nitrogens with one attached hydrogen (secondary N) is 1. The number of benzene rings is 2. The first-order chi connectivity index (χ1) is 16.0. The minimum absolute atomic E-state index is 0.225. The number of carbonyl (C=O) groups is 1. The third-order valence-electron chi connectivity index (χ3n) is 4.57. The van der Waals surface area contributed by atoms with Crippen molar-refractivity contribution in [2.24, 2.45) is 0 Å². The number of anilines is 1. The minimum Gasteiger partial charge on any atom is -0.487 e. The molecule has 0 aliphatic carbocycles. The fraction of sp³-hybridized carbons (Fsp3) is 0.120. The molecule has 4 rings (SSSR count). The summed E-state index contributed by atoms with van der Waals surface area (Å²) >= 11 is 1.60. The molecule has 2 heterocycles. The van der Waals surface area contributed by atoms with Gasteiger partial charge in [0.05, 0.1) is 10.7 Å². The number of hydrogen-bond acceptors (Lipinski definition) is 7. The number of hydrogen-bond donors (Lipinski definition) is 1. The van der Waals surface area contributed by atoms with Gasteiger partial charge < -0.3 is 14.8 Å². The number of aromatic nitrogens is 3. The van der Waals surface area contributed by atoms with Crippen LogP contribution in [0.1, 0.15) is 21.8 Å². The van der Waals surface area contributed by atoms with Gasteiger partial charge in [0.25, 0.3) is 0 Å². The largest absolute Gasteiger partial charge is 0.487 e. The summed E-state index contributed by atoms with van der Waals surface area (Å²) in [6.45, 7) is 4.30. The lowest BCUT2D eigenvalue weighted by Gasteiger charge is -2.09. The molecule has 0 bridgehead atoms. The first-order valence-corrected chi connectivity index (χ1v) is 11.1. The molecule has 0 radical (unpaired) electrons. The van der Waals surface area contributed by atoms with Crippen LogP contribution in [0.25, 0.3) is 6.08 Å². The van der Waals surface area contributed by atoms with Crippen LogP contribution < -0.4 is 14.8 Å². The Labute approximate surface area is 195 Å². The van der Waals surface area contributed by atoms with Crippen LogP contribution in [-0.2, 0) is 11.4 Å². The van der Waals surface area contributed by atoms with Crippen LogP contribution in [0.4, 0.5) is 5.69 Å². The van der Waals surface area contributed by atoms with Gasteiger partial charge in [0.15, 0.2) is 0 Å². The molecule has 33 heavy (non-hydrogen) atoms. The van der Waals surface area contributed by atoms with Crippen molar-refractivity contribution < 1.29 is 14.3 Å². The fourth-order valence-electron chi connectivity index (χ4n) is 2.94. The molecule has 1 amide bonds. The number of rotatable bonds is 8. The van der Waals surface area contributed by atoms with Crippen molar-refractivity contribution in [3.63, 3.8) is 0 Å². The molecule has 0 aliphatic heterocycles. The molecule has 0 saturated heterocycles. The van der Waals surface area contributed by atoms with Crippen molar-refractivity contribution in [1.29, 1.82) is 0 Å². The summed E-state index contributed by atoms with van der Waals surface area (Å²) in [7, 11) is 0. The number of carbonyl (C=O) groups excluding carboxylic acids is 1. The highest BCUT2D eigenvalue weighted by atomic mass is 32.1. The van der Waals surface area contributed by atoms with E-state index in [0.717, 1.165) is 27.6 Å². The lowest BCUT2D eigenvalue weighted by Crippen LogP contribution is -2.09. The van der Waals surface area contributed by atoms with Crippen molar-refractivity contribution >= 4 is 29.0 Å². The van der Waals surface area contributed by atoms with E-state index < -0.39 is 0 Å². The van der Waals surface area contributed by atoms with Crippen molar-refractivity contribution in [2.75, 3.05) is 5.32 Å². The Bertz CT molecular complexity index is 1250. The van der Waals surface area contributed by atoms with E-state index in [-0.39, 0.29) is 11.9 Å². The second-order valence-corrected chi connectivity index (χ2v) is 8.21. The van der Waals surface area contributed by atoms with Gasteiger partial charge in [0.2, 0.25) is 5.91 Å². The van der Waals surface area contributed by atoms with Gasteiger partial charge in [0.1, 0.15) is 18.1 Å². The molecular weight excluding hydrogens is 436 g/mol. The van der Waals surface area contributed by atoms with E-state index in [2.05, 4.69) is 20.3 Å². The average Bonchev–Trinajstić information content (AvgIpc) is 3.24. The monoisotopic (exact) mass is 458 g/mol. The molecule has 0 fully saturated rings. The molecule has 1 N–H and O–H groups in total. The topological polar surface area (TPSA) is 86.2 Å². The maximum atomic E-state index is 12.4. The Balaban J connectivity index is 1.30. The number of nitrogens with zero attached hydrogens (tertiary/aromatic N) is 3. The number of aryl methyl sites for hydroxylation is 2. The Morgan fingerprint density at radius 2 is 1.82 bits per heavy atom. The van der Waals surface area contributed by atoms with Crippen molar-refractivity contribution in [3.05, 3.63) is 94.2 Å². The van der Waals surface area contributed by atoms with Gasteiger partial charge in [-0.3, -0.25) is 4.79 Å². The van der Waals surface area contributed by atoms with Gasteiger partial charge in [-0.2, -0.15) is 0 Å². The molecule has 2 aromatic heterocycles. The Morgan fingerprint density at radius 3 is 2.52 bits per heavy atom. The van der Waals surface area contributed by atoms with E-state index >= 15 is 0 Å². The minimum atomic E-state index is -0.225. The van der Waals surface area contributed by atoms with Crippen molar-refractivity contribution in [1.82, 2.24) is 15.0 Å². The standard InChI is InChI=1S/C25H22N4O3S/c1-17-14-22(32-25-26-12-3-13-27-25)9-10-23(17)29-24(30)11-6-19-4-7-21(8-5-19)31-15-20-16-33-18(2)28-20/h3-14,16H,15H2,1-2H3,(H,29,30)/b11-6+. The lowest BCUT2D eigenvalue weighted by atomic mass is 10.2. The van der Waals surface area contributed by atoms with Crippen LogP contribution in [0.15, 0.2) is 72.4 Å². The van der Waals surface area contributed by atoms with E-state index in [1.54, 1.807) is 48.0 Å². The first-order valence-electron chi connectivity index (χ1n) is 10.2. The van der Waals surface area contributed by atoms with Crippen molar-refractivity contribution in [3.8, 4) is 17.5 Å². The molecular formula is C25H22N4O3S. The van der Waals surface area contributed by atoms with Crippen LogP contribution in [0.2, 0.25) is 0 Å². The highest BCUT2D eigenvalue weighted by Crippen LogP contribution is 2.24. The summed E-state index contributed by atoms with van der Waals surface area (Å²) in [4.78, 5) is 24.8. The maximum Gasteiger partial charge on any atom is 0.321 e. The van der Waals surface area contributed by atoms with Crippen LogP contribution in [0.3, 0.4) is 0 Å². The van der Waals surface area contributed by atoms with Gasteiger partial charge in [-0.15, -0.1) is 11.3 Å². The van der Waals surface area contributed by atoms with Gasteiger partial charge in [0, 0.05) is 29.5 Å². The van der Waals surface area contributed by atoms with E-state index in [1.807, 2.05) is 49.6 Å². The fourth-order valence-corrected chi connectivity index (χ4v) is 3.53. The zero-order valence-electron chi connectivity index (χ0n) is 18.2. The molecule has 8 heteroatoms. The molecule has 0 atom stereocenters. The highest BCUT2D eigenvalue weighted by Gasteiger charge is 2.06. The van der Waals surface area contributed by atoms with Crippen molar-refractivity contribution in [2.45, 2.75) is 20.5 Å². The third kappa shape index (κ3) is 6.47. The molecule has 4 aromatic rings. The molecule has 7 nitrogen and oxygen atoms in total. The second kappa shape index (κ2) is 10.5. The quantitative estimate of drug-likeness (QED) is 0.347. The van der Waals surface area contributed by atoms with Gasteiger partial charge in [-0.25, -0.2) is 15.0 Å². The van der Waals surface area contributed by atoms with Gasteiger partial charge in [-0.1, -0.05) is 12.1 Å². The smallest absolute Gasteiger partial charge is 0.321 e. The number of ether oxygens (including phenoxy) is 2. The lowest BCUT2D eigenvalue weighted by molar-refractivity contribution is -0.111. The van der Waals surface area contributed by atoms with Crippen LogP contribution in [0, 0.1) is 13.8 Å². The first kappa shape index (κ1) is 22.2. The Hall–Kier alpha value is -4.04. The molecule has 2 aromatic carbocycles. The molecule has 0 spiro atoms. The predicted molar refractivity (Wildman–Crippen MR) is 129 cm³/mol. The molecule has 166 valence electrons. The van der Waals surface area contributed by atoms with Gasteiger partial charge >= 0.3 is 6.01 Å². The zero-order chi connectivity index (χ0) is 23.0. The molecule has 0 unspecified atom stereocenters. The van der Waals surface area contributed by atoms with E-state index in [4.69, 9.17) is 9.47 Å². The van der Waals surface area contributed by atoms with E-state index in [9.17, 15) is 4.79 Å². The molecule has 0 saturated carbocycles. The Morgan fingerprint density at radius 1 is 1.06 bits per heavy atom. The zero-order valence-corrected chi connectivity index (χ0v) is 19.0. The summed E-state index contributed by atoms with van der Waals surface area (Å²) < 4.78 is 11.4. The van der Waals surface area contributed by atoms with Crippen LogP contribution in [-0.4, -0.2) is 20.9 Å². The predicted octanol–water partition coefficient (Wildman–Crippen LogP) is 5.57. The average molecular weight is 459 g/mol. The van der Waals surface area contributed by atoms with Crippen LogP contribution in [0.5, 0.6) is 17.5 Å². The van der Waals surface area contributed by atoms with E-state index in [1.165, 1.54) is 6.08 Å². The number of amides is 1. The van der Waals surface area contributed by atoms with E-state index in [0.29, 0.717) is 18.0 Å². The summed E-state index contributed by atoms with van der Waals surface area (Å²) in [5.41, 5.74) is 3.38. The summed E-state index contributed by atoms with van der Waals surface area (Å²) in [5, 5.41) is 5.89. The summed E-state index contributed by atoms with van der Waals surface area (Å²) in [6.07, 6.45) is 6.47. The highest BCUT2D eigenvalue weighted by molar-refractivity contribution is 7.09. The molecule has 0 aliphatic rings. The third-order valence-corrected chi connectivity index (χ3v) is 5.39. The number of thiazole rings is 1. The normalized spacial score (nSPS) is 10.8. The SMILES string of the molecule is Cc1nc(COc2ccc(/C=C/C(=O)Nc3ccc(Oc4ncccn4)cc3C)cc2)cs1. The maximum absolute atomic E-state index is 12.4. The Kier molecular flexibility index (Phi) is 7.06. The van der Waals surface area contributed by atoms with Crippen LogP contribution >= 0.6 is 11.3 Å². The second-order valence-electron chi connectivity index (χ2n) is 7.15. The van der Waals surface area contributed by atoms with Gasteiger partial charge in [-0.05, 0) is 67.4 Å². The summed E-state index contributed by atoms with van der Waals surface area (Å²) in [5.74, 6) is 1.12.